The Morgan fingerprint density at radius 3 is 2.39 bits per heavy atom. The second-order valence-corrected chi connectivity index (χ2v) is 6.47. The first-order chi connectivity index (χ1) is 14.8. The zero-order valence-electron chi connectivity index (χ0n) is 16.3. The summed E-state index contributed by atoms with van der Waals surface area (Å²) < 4.78 is 34.0. The van der Waals surface area contributed by atoms with E-state index in [-0.39, 0.29) is 0 Å². The maximum absolute atomic E-state index is 10.6. The summed E-state index contributed by atoms with van der Waals surface area (Å²) in [4.78, 5) is 28.7. The maximum atomic E-state index is 10.6. The lowest BCUT2D eigenvalue weighted by atomic mass is 10.4. The lowest BCUT2D eigenvalue weighted by molar-refractivity contribution is -0.192. The Morgan fingerprint density at radius 2 is 1.74 bits per heavy atom. The van der Waals surface area contributed by atoms with Gasteiger partial charge in [0.25, 0.3) is 0 Å². The van der Waals surface area contributed by atoms with Crippen LogP contribution in [0.5, 0.6) is 0 Å². The average Bonchev–Trinajstić information content (AvgIpc) is 3.02. The van der Waals surface area contributed by atoms with Gasteiger partial charge in [-0.2, -0.15) is 13.2 Å². The van der Waals surface area contributed by atoms with E-state index < -0.39 is 12.1 Å². The van der Waals surface area contributed by atoms with Crippen molar-refractivity contribution in [1.82, 2.24) is 24.5 Å². The fraction of sp³-hybridized carbons (Fsp3) is 0.316. The van der Waals surface area contributed by atoms with Crippen molar-refractivity contribution in [1.29, 1.82) is 0 Å². The van der Waals surface area contributed by atoms with Crippen LogP contribution in [0.15, 0.2) is 49.1 Å². The van der Waals surface area contributed by atoms with Gasteiger partial charge in [0.1, 0.15) is 11.6 Å². The standard InChI is InChI=1S/C17H19N7.C2HF3O2/c1-2-6-18-15(4-1)21-12-14-13-22-16-5-9-23(10-11-24(14)16)17-19-7-3-8-20-17;3-2(4,5)1(6)7/h1-4,6-8,13H,5,9-12H2,(H,18,21);(H,6,7). The van der Waals surface area contributed by atoms with Crippen LogP contribution in [-0.2, 0) is 24.3 Å². The van der Waals surface area contributed by atoms with Crippen LogP contribution in [0.3, 0.4) is 0 Å². The summed E-state index contributed by atoms with van der Waals surface area (Å²) in [5.74, 6) is 0.0242. The number of aromatic nitrogens is 5. The van der Waals surface area contributed by atoms with Gasteiger partial charge in [0, 0.05) is 44.6 Å². The highest BCUT2D eigenvalue weighted by molar-refractivity contribution is 5.73. The molecule has 0 spiro atoms. The maximum Gasteiger partial charge on any atom is 0.490 e. The van der Waals surface area contributed by atoms with Gasteiger partial charge in [0.2, 0.25) is 5.95 Å². The number of carboxylic acid groups (broad SMARTS) is 1. The number of hydrogen-bond donors (Lipinski definition) is 2. The first kappa shape index (κ1) is 22.0. The molecule has 0 atom stereocenters. The molecule has 0 radical (unpaired) electrons. The van der Waals surface area contributed by atoms with Crippen LogP contribution >= 0.6 is 0 Å². The van der Waals surface area contributed by atoms with Crippen molar-refractivity contribution in [3.05, 3.63) is 60.6 Å². The van der Waals surface area contributed by atoms with Gasteiger partial charge in [-0.3, -0.25) is 0 Å². The van der Waals surface area contributed by atoms with Gasteiger partial charge in [0.15, 0.2) is 0 Å². The Morgan fingerprint density at radius 1 is 1.03 bits per heavy atom. The number of carbonyl (C=O) groups is 1. The Hall–Kier alpha value is -3.70. The molecule has 4 rings (SSSR count). The van der Waals surface area contributed by atoms with Crippen molar-refractivity contribution in [2.45, 2.75) is 25.7 Å². The predicted molar refractivity (Wildman–Crippen MR) is 105 cm³/mol. The molecule has 12 heteroatoms. The third-order valence-corrected chi connectivity index (χ3v) is 4.41. The van der Waals surface area contributed by atoms with Crippen molar-refractivity contribution in [3.63, 3.8) is 0 Å². The molecule has 2 N–H and O–H groups in total. The summed E-state index contributed by atoms with van der Waals surface area (Å²) in [6, 6.07) is 7.70. The minimum atomic E-state index is -5.08. The van der Waals surface area contributed by atoms with E-state index in [0.717, 1.165) is 43.6 Å². The monoisotopic (exact) mass is 435 g/mol. The molecule has 4 heterocycles. The zero-order chi connectivity index (χ0) is 22.3. The highest BCUT2D eigenvalue weighted by atomic mass is 19.4. The van der Waals surface area contributed by atoms with Crippen molar-refractivity contribution >= 4 is 17.7 Å². The average molecular weight is 435 g/mol. The quantitative estimate of drug-likeness (QED) is 0.643. The number of rotatable bonds is 4. The molecule has 0 aliphatic carbocycles. The van der Waals surface area contributed by atoms with E-state index in [9.17, 15) is 13.2 Å². The van der Waals surface area contributed by atoms with Crippen LogP contribution in [0.4, 0.5) is 24.9 Å². The lowest BCUT2D eigenvalue weighted by Crippen LogP contribution is -2.28. The SMILES string of the molecule is O=C(O)C(F)(F)F.c1ccc(NCc2cnc3n2CCN(c2ncccn2)CC3)nc1. The fourth-order valence-corrected chi connectivity index (χ4v) is 2.94. The Bertz CT molecular complexity index is 981. The van der Waals surface area contributed by atoms with Gasteiger partial charge in [-0.05, 0) is 18.2 Å². The summed E-state index contributed by atoms with van der Waals surface area (Å²) in [6.45, 7) is 3.36. The van der Waals surface area contributed by atoms with Crippen molar-refractivity contribution in [3.8, 4) is 0 Å². The number of nitrogens with one attached hydrogen (secondary N) is 1. The van der Waals surface area contributed by atoms with E-state index in [1.54, 1.807) is 18.6 Å². The number of fused-ring (bicyclic) bond motifs is 1. The Labute approximate surface area is 175 Å². The first-order valence-corrected chi connectivity index (χ1v) is 9.35. The van der Waals surface area contributed by atoms with E-state index in [0.29, 0.717) is 6.54 Å². The molecule has 0 saturated heterocycles. The van der Waals surface area contributed by atoms with Gasteiger partial charge in [-0.1, -0.05) is 6.07 Å². The number of carboxylic acids is 1. The topological polar surface area (TPSA) is 109 Å². The van der Waals surface area contributed by atoms with Gasteiger partial charge in [-0.25, -0.2) is 24.7 Å². The second-order valence-electron chi connectivity index (χ2n) is 6.47. The lowest BCUT2D eigenvalue weighted by Gasteiger charge is -2.19. The van der Waals surface area contributed by atoms with Gasteiger partial charge in [0.05, 0.1) is 18.4 Å². The second kappa shape index (κ2) is 9.87. The van der Waals surface area contributed by atoms with Gasteiger partial charge in [-0.15, -0.1) is 0 Å². The third kappa shape index (κ3) is 6.14. The fourth-order valence-electron chi connectivity index (χ4n) is 2.94. The Balaban J connectivity index is 0.000000339. The van der Waals surface area contributed by atoms with Crippen LogP contribution in [0.25, 0.3) is 0 Å². The normalized spacial score (nSPS) is 13.5. The van der Waals surface area contributed by atoms with Crippen LogP contribution in [0.1, 0.15) is 11.5 Å². The van der Waals surface area contributed by atoms with Crippen molar-refractivity contribution in [2.24, 2.45) is 0 Å². The van der Waals surface area contributed by atoms with Crippen molar-refractivity contribution in [2.75, 3.05) is 23.3 Å². The van der Waals surface area contributed by atoms with E-state index in [2.05, 4.69) is 34.7 Å². The van der Waals surface area contributed by atoms with Gasteiger partial charge < -0.3 is 19.9 Å². The summed E-state index contributed by atoms with van der Waals surface area (Å²) in [6.07, 6.45) is 3.13. The molecule has 9 nitrogen and oxygen atoms in total. The first-order valence-electron chi connectivity index (χ1n) is 9.35. The molecule has 1 aliphatic rings. The molecule has 3 aromatic rings. The summed E-state index contributed by atoms with van der Waals surface area (Å²) >= 11 is 0. The summed E-state index contributed by atoms with van der Waals surface area (Å²) in [5, 5.41) is 10.5. The van der Waals surface area contributed by atoms with Gasteiger partial charge >= 0.3 is 12.1 Å². The third-order valence-electron chi connectivity index (χ3n) is 4.41. The van der Waals surface area contributed by atoms with E-state index in [4.69, 9.17) is 9.90 Å². The van der Waals surface area contributed by atoms with Crippen LogP contribution in [0, 0.1) is 0 Å². The minimum Gasteiger partial charge on any atom is -0.475 e. The van der Waals surface area contributed by atoms with Crippen LogP contribution in [-0.4, -0.2) is 54.8 Å². The van der Waals surface area contributed by atoms with Crippen LogP contribution < -0.4 is 10.2 Å². The number of alkyl halides is 3. The molecule has 3 aromatic heterocycles. The van der Waals surface area contributed by atoms with Crippen molar-refractivity contribution < 1.29 is 23.1 Å². The molecule has 0 fully saturated rings. The van der Waals surface area contributed by atoms with Crippen LogP contribution in [0.2, 0.25) is 0 Å². The molecule has 0 unspecified atom stereocenters. The minimum absolute atomic E-state index is 0.714. The largest absolute Gasteiger partial charge is 0.490 e. The molecule has 1 aliphatic heterocycles. The number of halogens is 3. The molecule has 164 valence electrons. The van der Waals surface area contributed by atoms with E-state index >= 15 is 0 Å². The highest BCUT2D eigenvalue weighted by Gasteiger charge is 2.38. The molecule has 0 saturated carbocycles. The number of pyridine rings is 1. The molecule has 0 amide bonds. The summed E-state index contributed by atoms with van der Waals surface area (Å²) in [7, 11) is 0. The van der Waals surface area contributed by atoms with E-state index in [1.165, 1.54) is 5.69 Å². The molecule has 31 heavy (non-hydrogen) atoms. The number of hydrogen-bond acceptors (Lipinski definition) is 7. The smallest absolute Gasteiger partial charge is 0.475 e. The number of nitrogens with zero attached hydrogens (tertiary/aromatic N) is 6. The molecule has 0 aromatic carbocycles. The molecular weight excluding hydrogens is 415 g/mol. The number of imidazole rings is 1. The zero-order valence-corrected chi connectivity index (χ0v) is 16.3. The number of anilines is 2. The Kier molecular flexibility index (Phi) is 7.00. The highest BCUT2D eigenvalue weighted by Crippen LogP contribution is 2.16. The molecular formula is C19H20F3N7O2. The summed E-state index contributed by atoms with van der Waals surface area (Å²) in [5.41, 5.74) is 1.17. The predicted octanol–water partition coefficient (Wildman–Crippen LogP) is 2.38. The van der Waals surface area contributed by atoms with E-state index in [1.807, 2.05) is 30.5 Å². The molecule has 0 bridgehead atoms. The number of aliphatic carboxylic acids is 1.